The van der Waals surface area contributed by atoms with E-state index >= 15 is 0 Å². The molecule has 1 heterocycles. The molecular formula is C12H14N4O2S. The van der Waals surface area contributed by atoms with Crippen LogP contribution in [0, 0.1) is 5.41 Å². The Morgan fingerprint density at radius 2 is 2.16 bits per heavy atom. The summed E-state index contributed by atoms with van der Waals surface area (Å²) in [5.74, 6) is -0.231. The normalized spacial score (nSPS) is 13.3. The molecule has 19 heavy (non-hydrogen) atoms. The van der Waals surface area contributed by atoms with Crippen LogP contribution in [0.25, 0.3) is 10.8 Å². The predicted octanol–water partition coefficient (Wildman–Crippen LogP) is 0.838. The summed E-state index contributed by atoms with van der Waals surface area (Å²) in [6.07, 6.45) is 3.14. The van der Waals surface area contributed by atoms with Crippen LogP contribution in [0.3, 0.4) is 0 Å². The van der Waals surface area contributed by atoms with Crippen molar-refractivity contribution in [1.82, 2.24) is 9.71 Å². The van der Waals surface area contributed by atoms with E-state index in [1.54, 1.807) is 24.4 Å². The van der Waals surface area contributed by atoms with Crippen molar-refractivity contribution >= 4 is 26.6 Å². The molecule has 1 aromatic carbocycles. The smallest absolute Gasteiger partial charge is 0.241 e. The van der Waals surface area contributed by atoms with E-state index in [0.29, 0.717) is 5.39 Å². The molecule has 0 fully saturated rings. The van der Waals surface area contributed by atoms with Crippen molar-refractivity contribution < 1.29 is 8.42 Å². The molecule has 1 unspecified atom stereocenters. The van der Waals surface area contributed by atoms with Gasteiger partial charge in [0.15, 0.2) is 0 Å². The molecule has 2 aromatic rings. The van der Waals surface area contributed by atoms with Gasteiger partial charge in [-0.05, 0) is 19.1 Å². The summed E-state index contributed by atoms with van der Waals surface area (Å²) in [5.41, 5.74) is 5.28. The highest BCUT2D eigenvalue weighted by atomic mass is 32.2. The average Bonchev–Trinajstić information content (AvgIpc) is 2.37. The summed E-state index contributed by atoms with van der Waals surface area (Å²) >= 11 is 0. The van der Waals surface area contributed by atoms with Crippen LogP contribution in [0.2, 0.25) is 0 Å². The van der Waals surface area contributed by atoms with E-state index in [4.69, 9.17) is 11.1 Å². The molecule has 0 aliphatic heterocycles. The number of benzene rings is 1. The average molecular weight is 278 g/mol. The Bertz CT molecular complexity index is 722. The summed E-state index contributed by atoms with van der Waals surface area (Å²) in [6, 6.07) is 5.84. The van der Waals surface area contributed by atoms with Gasteiger partial charge in [-0.3, -0.25) is 10.4 Å². The topological polar surface area (TPSA) is 109 Å². The lowest BCUT2D eigenvalue weighted by molar-refractivity contribution is 0.579. The zero-order valence-corrected chi connectivity index (χ0v) is 11.1. The van der Waals surface area contributed by atoms with Gasteiger partial charge in [-0.1, -0.05) is 12.1 Å². The van der Waals surface area contributed by atoms with Crippen molar-refractivity contribution in [1.29, 1.82) is 5.41 Å². The Kier molecular flexibility index (Phi) is 3.50. The first-order chi connectivity index (χ1) is 8.92. The molecular weight excluding hydrogens is 264 g/mol. The highest BCUT2D eigenvalue weighted by Crippen LogP contribution is 2.21. The Hall–Kier alpha value is -1.99. The summed E-state index contributed by atoms with van der Waals surface area (Å²) < 4.78 is 26.9. The van der Waals surface area contributed by atoms with Gasteiger partial charge in [-0.2, -0.15) is 0 Å². The van der Waals surface area contributed by atoms with E-state index in [0.717, 1.165) is 5.39 Å². The third-order valence-corrected chi connectivity index (χ3v) is 4.33. The number of nitrogens with zero attached hydrogens (tertiary/aromatic N) is 1. The van der Waals surface area contributed by atoms with Gasteiger partial charge in [0.25, 0.3) is 0 Å². The summed E-state index contributed by atoms with van der Waals surface area (Å²) in [6.45, 7) is 1.52. The second kappa shape index (κ2) is 4.94. The van der Waals surface area contributed by atoms with E-state index in [1.165, 1.54) is 19.2 Å². The molecule has 0 saturated heterocycles. The zero-order chi connectivity index (χ0) is 14.0. The first kappa shape index (κ1) is 13.4. The molecule has 0 spiro atoms. The third-order valence-electron chi connectivity index (χ3n) is 2.73. The molecule has 4 N–H and O–H groups in total. The number of nitrogens with one attached hydrogen (secondary N) is 2. The predicted molar refractivity (Wildman–Crippen MR) is 73.4 cm³/mol. The largest absolute Gasteiger partial charge is 0.386 e. The first-order valence-corrected chi connectivity index (χ1v) is 7.09. The van der Waals surface area contributed by atoms with Crippen LogP contribution in [0.4, 0.5) is 0 Å². The minimum Gasteiger partial charge on any atom is -0.386 e. The van der Waals surface area contributed by atoms with Crippen molar-refractivity contribution in [3.8, 4) is 0 Å². The third kappa shape index (κ3) is 2.72. The Morgan fingerprint density at radius 1 is 1.42 bits per heavy atom. The van der Waals surface area contributed by atoms with Gasteiger partial charge in [0.05, 0.1) is 10.9 Å². The van der Waals surface area contributed by atoms with Crippen LogP contribution in [0.15, 0.2) is 41.6 Å². The van der Waals surface area contributed by atoms with Crippen LogP contribution in [0.5, 0.6) is 0 Å². The molecule has 100 valence electrons. The van der Waals surface area contributed by atoms with Crippen LogP contribution < -0.4 is 10.5 Å². The molecule has 6 nitrogen and oxygen atoms in total. The minimum atomic E-state index is -3.73. The SMILES string of the molecule is CC(NS(=O)(=O)c1cccc2cnccc12)C(=N)N. The minimum absolute atomic E-state index is 0.153. The van der Waals surface area contributed by atoms with Gasteiger partial charge in [0, 0.05) is 23.2 Å². The van der Waals surface area contributed by atoms with E-state index in [9.17, 15) is 8.42 Å². The van der Waals surface area contributed by atoms with Crippen LogP contribution in [0.1, 0.15) is 6.92 Å². The van der Waals surface area contributed by atoms with Gasteiger partial charge < -0.3 is 5.73 Å². The van der Waals surface area contributed by atoms with Crippen LogP contribution >= 0.6 is 0 Å². The highest BCUT2D eigenvalue weighted by Gasteiger charge is 2.20. The maximum atomic E-state index is 12.3. The number of hydrogen-bond donors (Lipinski definition) is 3. The maximum Gasteiger partial charge on any atom is 0.241 e. The molecule has 0 amide bonds. The fourth-order valence-electron chi connectivity index (χ4n) is 1.69. The molecule has 0 radical (unpaired) electrons. The van der Waals surface area contributed by atoms with Crippen LogP contribution in [-0.4, -0.2) is 25.3 Å². The summed E-state index contributed by atoms with van der Waals surface area (Å²) in [7, 11) is -3.73. The summed E-state index contributed by atoms with van der Waals surface area (Å²) in [4.78, 5) is 4.11. The van der Waals surface area contributed by atoms with Crippen molar-refractivity contribution in [2.45, 2.75) is 17.9 Å². The van der Waals surface area contributed by atoms with Crippen molar-refractivity contribution in [3.63, 3.8) is 0 Å². The molecule has 2 rings (SSSR count). The van der Waals surface area contributed by atoms with E-state index in [1.807, 2.05) is 0 Å². The van der Waals surface area contributed by atoms with Crippen LogP contribution in [-0.2, 0) is 10.0 Å². The molecule has 1 aromatic heterocycles. The number of amidine groups is 1. The Morgan fingerprint density at radius 3 is 2.84 bits per heavy atom. The fraction of sp³-hybridized carbons (Fsp3) is 0.167. The lowest BCUT2D eigenvalue weighted by atomic mass is 10.2. The van der Waals surface area contributed by atoms with Gasteiger partial charge in [0.2, 0.25) is 10.0 Å². The molecule has 7 heteroatoms. The molecule has 0 aliphatic rings. The lowest BCUT2D eigenvalue weighted by Gasteiger charge is -2.14. The highest BCUT2D eigenvalue weighted by molar-refractivity contribution is 7.89. The number of hydrogen-bond acceptors (Lipinski definition) is 4. The summed E-state index contributed by atoms with van der Waals surface area (Å²) in [5, 5.41) is 8.57. The van der Waals surface area contributed by atoms with Gasteiger partial charge in [-0.15, -0.1) is 0 Å². The number of aromatic nitrogens is 1. The zero-order valence-electron chi connectivity index (χ0n) is 10.3. The van der Waals surface area contributed by atoms with E-state index in [2.05, 4.69) is 9.71 Å². The molecule has 0 saturated carbocycles. The van der Waals surface area contributed by atoms with E-state index < -0.39 is 16.1 Å². The lowest BCUT2D eigenvalue weighted by Crippen LogP contribution is -2.41. The number of rotatable bonds is 4. The molecule has 0 bridgehead atoms. The Labute approximate surface area is 111 Å². The number of nitrogens with two attached hydrogens (primary N) is 1. The first-order valence-electron chi connectivity index (χ1n) is 5.61. The Balaban J connectivity index is 2.52. The molecule has 0 aliphatic carbocycles. The number of pyridine rings is 1. The number of fused-ring (bicyclic) bond motifs is 1. The molecule has 1 atom stereocenters. The fourth-order valence-corrected chi connectivity index (χ4v) is 3.14. The van der Waals surface area contributed by atoms with E-state index in [-0.39, 0.29) is 10.7 Å². The van der Waals surface area contributed by atoms with Crippen molar-refractivity contribution in [2.75, 3.05) is 0 Å². The van der Waals surface area contributed by atoms with Crippen molar-refractivity contribution in [3.05, 3.63) is 36.7 Å². The van der Waals surface area contributed by atoms with Gasteiger partial charge in [0.1, 0.15) is 5.84 Å². The maximum absolute atomic E-state index is 12.3. The standard InChI is InChI=1S/C12H14N4O2S/c1-8(12(13)14)16-19(17,18)11-4-2-3-9-7-15-6-5-10(9)11/h2-8,16H,1H3,(H3,13,14). The number of sulfonamides is 1. The van der Waals surface area contributed by atoms with Gasteiger partial charge >= 0.3 is 0 Å². The quantitative estimate of drug-likeness (QED) is 0.568. The second-order valence-electron chi connectivity index (χ2n) is 4.15. The van der Waals surface area contributed by atoms with Crippen molar-refractivity contribution in [2.24, 2.45) is 5.73 Å². The second-order valence-corrected chi connectivity index (χ2v) is 5.83. The monoisotopic (exact) mass is 278 g/mol. The van der Waals surface area contributed by atoms with Gasteiger partial charge in [-0.25, -0.2) is 13.1 Å².